The summed E-state index contributed by atoms with van der Waals surface area (Å²) >= 11 is 0. The number of nitrogens with zero attached hydrogens (tertiary/aromatic N) is 2. The largest absolute Gasteiger partial charge is 0.485 e. The van der Waals surface area contributed by atoms with E-state index < -0.39 is 12.2 Å². The zero-order valence-corrected chi connectivity index (χ0v) is 16.4. The normalized spacial score (nSPS) is 22.7. The van der Waals surface area contributed by atoms with Crippen molar-refractivity contribution in [3.8, 4) is 17.2 Å². The second-order valence-corrected chi connectivity index (χ2v) is 7.32. The first kappa shape index (κ1) is 18.7. The quantitative estimate of drug-likeness (QED) is 0.747. The predicted octanol–water partition coefficient (Wildman–Crippen LogP) is 1.48. The molecule has 0 bridgehead atoms. The van der Waals surface area contributed by atoms with Gasteiger partial charge in [-0.1, -0.05) is 24.3 Å². The van der Waals surface area contributed by atoms with E-state index in [2.05, 4.69) is 0 Å². The van der Waals surface area contributed by atoms with Gasteiger partial charge in [0.05, 0.1) is 25.4 Å². The van der Waals surface area contributed by atoms with Crippen LogP contribution in [-0.4, -0.2) is 68.4 Å². The molecular formula is C22H22N2O6. The molecule has 0 unspecified atom stereocenters. The Labute approximate surface area is 173 Å². The first-order chi connectivity index (χ1) is 14.7. The summed E-state index contributed by atoms with van der Waals surface area (Å²) in [5.41, 5.74) is 0.621. The van der Waals surface area contributed by atoms with E-state index in [1.165, 1.54) is 0 Å². The fourth-order valence-corrected chi connectivity index (χ4v) is 3.87. The molecule has 8 heteroatoms. The number of amides is 2. The fourth-order valence-electron chi connectivity index (χ4n) is 3.87. The highest BCUT2D eigenvalue weighted by atomic mass is 16.6. The monoisotopic (exact) mass is 410 g/mol. The van der Waals surface area contributed by atoms with Crippen LogP contribution in [-0.2, 0) is 14.3 Å². The van der Waals surface area contributed by atoms with Gasteiger partial charge in [0.1, 0.15) is 12.4 Å². The highest BCUT2D eigenvalue weighted by Crippen LogP contribution is 2.36. The van der Waals surface area contributed by atoms with Gasteiger partial charge in [-0.25, -0.2) is 0 Å². The molecular weight excluding hydrogens is 388 g/mol. The summed E-state index contributed by atoms with van der Waals surface area (Å²) in [4.78, 5) is 29.7. The maximum absolute atomic E-state index is 13.4. The summed E-state index contributed by atoms with van der Waals surface area (Å²) < 4.78 is 22.9. The van der Waals surface area contributed by atoms with Crippen molar-refractivity contribution in [2.75, 3.05) is 44.4 Å². The van der Waals surface area contributed by atoms with Crippen molar-refractivity contribution in [1.82, 2.24) is 4.90 Å². The number of hydrogen-bond donors (Lipinski definition) is 0. The van der Waals surface area contributed by atoms with E-state index in [1.807, 2.05) is 24.3 Å². The van der Waals surface area contributed by atoms with Crippen molar-refractivity contribution < 1.29 is 28.5 Å². The topological polar surface area (TPSA) is 77.5 Å². The molecule has 0 N–H and O–H groups in total. The van der Waals surface area contributed by atoms with Crippen molar-refractivity contribution in [2.45, 2.75) is 12.2 Å². The SMILES string of the molecule is O=C([C@@H]1CN(C(=O)[C@H]2COc3ccccc3O2)c2ccccc2O1)N1CCOCC1. The van der Waals surface area contributed by atoms with Crippen LogP contribution in [0.25, 0.3) is 0 Å². The minimum absolute atomic E-state index is 0.109. The molecule has 0 spiro atoms. The van der Waals surface area contributed by atoms with Gasteiger partial charge in [0.25, 0.3) is 11.8 Å². The van der Waals surface area contributed by atoms with E-state index >= 15 is 0 Å². The maximum atomic E-state index is 13.4. The third kappa shape index (κ3) is 3.43. The van der Waals surface area contributed by atoms with E-state index in [0.717, 1.165) is 0 Å². The molecule has 156 valence electrons. The number of fused-ring (bicyclic) bond motifs is 2. The molecule has 0 radical (unpaired) electrons. The number of benzene rings is 2. The smallest absolute Gasteiger partial charge is 0.271 e. The molecule has 0 saturated carbocycles. The third-order valence-corrected chi connectivity index (χ3v) is 5.42. The van der Waals surface area contributed by atoms with Gasteiger partial charge in [-0.3, -0.25) is 9.59 Å². The highest BCUT2D eigenvalue weighted by molar-refractivity contribution is 6.00. The third-order valence-electron chi connectivity index (χ3n) is 5.42. The molecule has 1 fully saturated rings. The van der Waals surface area contributed by atoms with E-state index in [0.29, 0.717) is 49.2 Å². The summed E-state index contributed by atoms with van der Waals surface area (Å²) in [7, 11) is 0. The molecule has 8 nitrogen and oxygen atoms in total. The lowest BCUT2D eigenvalue weighted by Crippen LogP contribution is -2.56. The van der Waals surface area contributed by atoms with Crippen LogP contribution in [0, 0.1) is 0 Å². The molecule has 5 rings (SSSR count). The van der Waals surface area contributed by atoms with Gasteiger partial charge in [-0.2, -0.15) is 0 Å². The molecule has 0 aromatic heterocycles. The Morgan fingerprint density at radius 2 is 1.47 bits per heavy atom. The fraction of sp³-hybridized carbons (Fsp3) is 0.364. The summed E-state index contributed by atoms with van der Waals surface area (Å²) in [6.07, 6.45) is -1.58. The van der Waals surface area contributed by atoms with Crippen LogP contribution in [0.1, 0.15) is 0 Å². The summed E-state index contributed by atoms with van der Waals surface area (Å²) in [6, 6.07) is 14.5. The van der Waals surface area contributed by atoms with Crippen LogP contribution in [0.4, 0.5) is 5.69 Å². The summed E-state index contributed by atoms with van der Waals surface area (Å²) in [5, 5.41) is 0. The van der Waals surface area contributed by atoms with Gasteiger partial charge >= 0.3 is 0 Å². The van der Waals surface area contributed by atoms with Crippen LogP contribution >= 0.6 is 0 Å². The average Bonchev–Trinajstić information content (AvgIpc) is 2.82. The number of para-hydroxylation sites is 4. The summed E-state index contributed by atoms with van der Waals surface area (Å²) in [5.74, 6) is 1.24. The van der Waals surface area contributed by atoms with E-state index in [4.69, 9.17) is 18.9 Å². The number of anilines is 1. The molecule has 30 heavy (non-hydrogen) atoms. The summed E-state index contributed by atoms with van der Waals surface area (Å²) in [6.45, 7) is 2.27. The first-order valence-corrected chi connectivity index (χ1v) is 10.0. The second-order valence-electron chi connectivity index (χ2n) is 7.32. The first-order valence-electron chi connectivity index (χ1n) is 10.0. The van der Waals surface area contributed by atoms with Gasteiger partial charge in [-0.15, -0.1) is 0 Å². The van der Waals surface area contributed by atoms with Crippen LogP contribution in [0.5, 0.6) is 17.2 Å². The Morgan fingerprint density at radius 3 is 2.27 bits per heavy atom. The predicted molar refractivity (Wildman–Crippen MR) is 107 cm³/mol. The minimum Gasteiger partial charge on any atom is -0.485 e. The average molecular weight is 410 g/mol. The molecule has 2 aromatic rings. The van der Waals surface area contributed by atoms with Crippen LogP contribution in [0.15, 0.2) is 48.5 Å². The zero-order chi connectivity index (χ0) is 20.5. The van der Waals surface area contributed by atoms with Crippen LogP contribution in [0.3, 0.4) is 0 Å². The number of rotatable bonds is 2. The van der Waals surface area contributed by atoms with Crippen LogP contribution < -0.4 is 19.1 Å². The van der Waals surface area contributed by atoms with Crippen molar-refractivity contribution in [1.29, 1.82) is 0 Å². The number of hydrogen-bond acceptors (Lipinski definition) is 6. The molecule has 0 aliphatic carbocycles. The lowest BCUT2D eigenvalue weighted by molar-refractivity contribution is -0.143. The molecule has 3 aliphatic heterocycles. The van der Waals surface area contributed by atoms with Gasteiger partial charge in [0.2, 0.25) is 6.10 Å². The highest BCUT2D eigenvalue weighted by Gasteiger charge is 2.40. The molecule has 3 heterocycles. The molecule has 2 atom stereocenters. The van der Waals surface area contributed by atoms with Gasteiger partial charge in [-0.05, 0) is 24.3 Å². The van der Waals surface area contributed by atoms with Crippen molar-refractivity contribution in [2.24, 2.45) is 0 Å². The molecule has 3 aliphatic rings. The molecule has 1 saturated heterocycles. The van der Waals surface area contributed by atoms with Crippen LogP contribution in [0.2, 0.25) is 0 Å². The van der Waals surface area contributed by atoms with Gasteiger partial charge in [0.15, 0.2) is 17.6 Å². The molecule has 2 aromatic carbocycles. The lowest BCUT2D eigenvalue weighted by atomic mass is 10.1. The van der Waals surface area contributed by atoms with E-state index in [9.17, 15) is 9.59 Å². The van der Waals surface area contributed by atoms with E-state index in [1.54, 1.807) is 34.1 Å². The molecule has 2 amide bonds. The van der Waals surface area contributed by atoms with Crippen molar-refractivity contribution in [3.05, 3.63) is 48.5 Å². The standard InChI is InChI=1S/C22H22N2O6/c25-21(23-9-11-27-12-10-23)19-13-24(15-5-1-2-6-16(15)29-19)22(26)20-14-28-17-7-3-4-8-18(17)30-20/h1-8,19-20H,9-14H2/t19-,20+/m0/s1. The Bertz CT molecular complexity index is 958. The van der Waals surface area contributed by atoms with Crippen molar-refractivity contribution in [3.63, 3.8) is 0 Å². The zero-order valence-electron chi connectivity index (χ0n) is 16.4. The second kappa shape index (κ2) is 7.87. The number of carbonyl (C=O) groups excluding carboxylic acids is 2. The Balaban J connectivity index is 1.39. The Morgan fingerprint density at radius 1 is 0.800 bits per heavy atom. The number of morpholine rings is 1. The number of carbonyl (C=O) groups is 2. The Hall–Kier alpha value is -3.26. The van der Waals surface area contributed by atoms with Gasteiger partial charge in [0, 0.05) is 13.1 Å². The number of ether oxygens (including phenoxy) is 4. The van der Waals surface area contributed by atoms with Crippen molar-refractivity contribution >= 4 is 17.5 Å². The Kier molecular flexibility index (Phi) is 4.92. The maximum Gasteiger partial charge on any atom is 0.271 e. The van der Waals surface area contributed by atoms with E-state index in [-0.39, 0.29) is 25.0 Å². The minimum atomic E-state index is -0.801. The van der Waals surface area contributed by atoms with Gasteiger partial charge < -0.3 is 28.7 Å². The lowest BCUT2D eigenvalue weighted by Gasteiger charge is -2.38.